The molecule has 0 radical (unpaired) electrons. The second-order valence-corrected chi connectivity index (χ2v) is 11.9. The van der Waals surface area contributed by atoms with Gasteiger partial charge in [-0.2, -0.15) is 0 Å². The Hall–Kier alpha value is -2.41. The second-order valence-electron chi connectivity index (χ2n) is 10.8. The molecule has 1 N–H and O–H groups in total. The topological polar surface area (TPSA) is 47.9 Å². The van der Waals surface area contributed by atoms with Crippen molar-refractivity contribution in [2.75, 3.05) is 6.61 Å². The van der Waals surface area contributed by atoms with Gasteiger partial charge in [0.25, 0.3) is 0 Å². The molecule has 0 bridgehead atoms. The summed E-state index contributed by atoms with van der Waals surface area (Å²) in [5.74, 6) is 0.591. The fraction of sp³-hybridized carbons (Fsp3) is 0.353. The molecule has 1 aliphatic heterocycles. The molecule has 4 unspecified atom stereocenters. The van der Waals surface area contributed by atoms with E-state index in [0.717, 1.165) is 35.1 Å². The summed E-state index contributed by atoms with van der Waals surface area (Å²) in [7, 11) is 0. The highest BCUT2D eigenvalue weighted by Crippen LogP contribution is 2.45. The lowest BCUT2D eigenvalue weighted by molar-refractivity contribution is -0.142. The van der Waals surface area contributed by atoms with Crippen LogP contribution in [0.15, 0.2) is 95.0 Å². The molecule has 1 fully saturated rings. The Labute approximate surface area is 250 Å². The minimum atomic E-state index is -0.285. The lowest BCUT2D eigenvalue weighted by atomic mass is 9.91. The van der Waals surface area contributed by atoms with Crippen LogP contribution in [0.2, 0.25) is 5.02 Å². The van der Waals surface area contributed by atoms with Gasteiger partial charge in [-0.05, 0) is 68.6 Å². The second kappa shape index (κ2) is 14.0. The molecule has 210 valence electrons. The summed E-state index contributed by atoms with van der Waals surface area (Å²) in [6.07, 6.45) is 9.24. The molecule has 4 atom stereocenters. The fourth-order valence-corrected chi connectivity index (χ4v) is 6.17. The molecule has 0 spiro atoms. The van der Waals surface area contributed by atoms with E-state index in [4.69, 9.17) is 25.8 Å². The molecular weight excluding hydrogens is 588 g/mol. The molecule has 3 aromatic carbocycles. The minimum absolute atomic E-state index is 0.0251. The molecule has 0 amide bonds. The van der Waals surface area contributed by atoms with Crippen molar-refractivity contribution in [1.29, 1.82) is 0 Å². The average molecular weight is 624 g/mol. The number of aromatic hydroxyl groups is 1. The van der Waals surface area contributed by atoms with E-state index in [2.05, 4.69) is 71.4 Å². The summed E-state index contributed by atoms with van der Waals surface area (Å²) < 4.78 is 19.7. The lowest BCUT2D eigenvalue weighted by Crippen LogP contribution is -2.36. The van der Waals surface area contributed by atoms with Gasteiger partial charge in [-0.15, -0.1) is 0 Å². The summed E-state index contributed by atoms with van der Waals surface area (Å²) in [5.41, 5.74) is 5.23. The Morgan fingerprint density at radius 1 is 1.00 bits per heavy atom. The van der Waals surface area contributed by atoms with Gasteiger partial charge in [-0.25, -0.2) is 0 Å². The normalized spacial score (nSPS) is 22.7. The number of rotatable bonds is 10. The predicted octanol–water partition coefficient (Wildman–Crippen LogP) is 8.90. The summed E-state index contributed by atoms with van der Waals surface area (Å²) in [5, 5.41) is 11.4. The number of phenols is 1. The highest BCUT2D eigenvalue weighted by Gasteiger charge is 2.34. The average Bonchev–Trinajstić information content (AvgIpc) is 2.98. The van der Waals surface area contributed by atoms with Gasteiger partial charge >= 0.3 is 0 Å². The first kappa shape index (κ1) is 29.1. The van der Waals surface area contributed by atoms with Crippen LogP contribution in [0, 0.1) is 5.92 Å². The maximum Gasteiger partial charge on any atom is 0.149 e. The molecular formula is C34H36BrClO4. The number of phenolic OH excluding ortho intramolecular Hbond substituents is 1. The SMILES string of the molecule is CC1C=CC(Cc2cc(C3CC(OCc4ccccc4)CC(COCc4ccccc4)O3)c(Br)c(O)c2Cl)=CC1. The van der Waals surface area contributed by atoms with Gasteiger partial charge < -0.3 is 19.3 Å². The van der Waals surface area contributed by atoms with Gasteiger partial charge in [0.05, 0.1) is 47.6 Å². The standard InChI is InChI=1S/C34H36BrClO4/c1-23-12-14-24(15-13-23)16-27-17-30(32(35)34(37)33(27)36)31-19-28(39-21-26-10-6-3-7-11-26)18-29(40-31)22-38-20-25-8-4-2-5-9-25/h2-12,14-15,17,23,28-29,31,37H,13,16,18-22H2,1H3. The molecule has 5 rings (SSSR count). The zero-order valence-electron chi connectivity index (χ0n) is 22.8. The number of hydrogen-bond donors (Lipinski definition) is 1. The summed E-state index contributed by atoms with van der Waals surface area (Å²) in [6.45, 7) is 3.72. The summed E-state index contributed by atoms with van der Waals surface area (Å²) >= 11 is 10.3. The van der Waals surface area contributed by atoms with Gasteiger partial charge in [0.1, 0.15) is 5.75 Å². The van der Waals surface area contributed by atoms with Crippen LogP contribution in [0.5, 0.6) is 5.75 Å². The predicted molar refractivity (Wildman–Crippen MR) is 163 cm³/mol. The number of allylic oxidation sites excluding steroid dienone is 4. The largest absolute Gasteiger partial charge is 0.505 e. The fourth-order valence-electron chi connectivity index (χ4n) is 5.27. The minimum Gasteiger partial charge on any atom is -0.505 e. The Morgan fingerprint density at radius 2 is 1.70 bits per heavy atom. The molecule has 3 aromatic rings. The zero-order valence-corrected chi connectivity index (χ0v) is 25.1. The van der Waals surface area contributed by atoms with Crippen LogP contribution in [0.1, 0.15) is 54.5 Å². The maximum absolute atomic E-state index is 11.0. The van der Waals surface area contributed by atoms with E-state index in [1.54, 1.807) is 0 Å². The van der Waals surface area contributed by atoms with E-state index in [9.17, 15) is 5.11 Å². The van der Waals surface area contributed by atoms with Crippen LogP contribution < -0.4 is 0 Å². The highest BCUT2D eigenvalue weighted by atomic mass is 79.9. The van der Waals surface area contributed by atoms with Crippen LogP contribution in [0.4, 0.5) is 0 Å². The van der Waals surface area contributed by atoms with Crippen molar-refractivity contribution < 1.29 is 19.3 Å². The molecule has 1 aliphatic carbocycles. The van der Waals surface area contributed by atoms with E-state index in [0.29, 0.717) is 48.1 Å². The maximum atomic E-state index is 11.0. The van der Waals surface area contributed by atoms with E-state index in [1.165, 1.54) is 5.57 Å². The highest BCUT2D eigenvalue weighted by molar-refractivity contribution is 9.10. The van der Waals surface area contributed by atoms with Gasteiger partial charge in [-0.3, -0.25) is 0 Å². The van der Waals surface area contributed by atoms with Crippen molar-refractivity contribution in [2.24, 2.45) is 5.92 Å². The number of halogens is 2. The van der Waals surface area contributed by atoms with Crippen LogP contribution in [-0.4, -0.2) is 23.9 Å². The third-order valence-electron chi connectivity index (χ3n) is 7.52. The van der Waals surface area contributed by atoms with E-state index >= 15 is 0 Å². The van der Waals surface area contributed by atoms with Crippen molar-refractivity contribution in [3.05, 3.63) is 122 Å². The van der Waals surface area contributed by atoms with Crippen LogP contribution in [0.3, 0.4) is 0 Å². The van der Waals surface area contributed by atoms with Crippen LogP contribution in [-0.2, 0) is 33.8 Å². The van der Waals surface area contributed by atoms with Gasteiger partial charge in [0, 0.05) is 12.8 Å². The molecule has 40 heavy (non-hydrogen) atoms. The van der Waals surface area contributed by atoms with Crippen molar-refractivity contribution in [2.45, 2.75) is 64.1 Å². The molecule has 2 aliphatic rings. The van der Waals surface area contributed by atoms with Crippen molar-refractivity contribution in [3.8, 4) is 5.75 Å². The smallest absolute Gasteiger partial charge is 0.149 e. The van der Waals surface area contributed by atoms with Gasteiger partial charge in [0.2, 0.25) is 0 Å². The van der Waals surface area contributed by atoms with Gasteiger partial charge in [-0.1, -0.05) is 97.4 Å². The molecule has 4 nitrogen and oxygen atoms in total. The third kappa shape index (κ3) is 7.65. The van der Waals surface area contributed by atoms with Crippen LogP contribution >= 0.6 is 27.5 Å². The Bertz CT molecular complexity index is 1320. The molecule has 1 saturated heterocycles. The Morgan fingerprint density at radius 3 is 2.38 bits per heavy atom. The number of hydrogen-bond acceptors (Lipinski definition) is 4. The monoisotopic (exact) mass is 622 g/mol. The zero-order chi connectivity index (χ0) is 27.9. The quantitative estimate of drug-likeness (QED) is 0.245. The molecule has 0 aromatic heterocycles. The molecule has 1 heterocycles. The van der Waals surface area contributed by atoms with E-state index in [-0.39, 0.29) is 24.1 Å². The summed E-state index contributed by atoms with van der Waals surface area (Å²) in [6, 6.07) is 22.4. The Kier molecular flexibility index (Phi) is 10.2. The van der Waals surface area contributed by atoms with Gasteiger partial charge in [0.15, 0.2) is 0 Å². The first-order valence-electron chi connectivity index (χ1n) is 14.0. The van der Waals surface area contributed by atoms with Crippen LogP contribution in [0.25, 0.3) is 0 Å². The molecule has 0 saturated carbocycles. The van der Waals surface area contributed by atoms with Crippen molar-refractivity contribution in [1.82, 2.24) is 0 Å². The van der Waals surface area contributed by atoms with E-state index < -0.39 is 0 Å². The van der Waals surface area contributed by atoms with Crippen molar-refractivity contribution >= 4 is 27.5 Å². The summed E-state index contributed by atoms with van der Waals surface area (Å²) in [4.78, 5) is 0. The lowest BCUT2D eigenvalue weighted by Gasteiger charge is -2.36. The van der Waals surface area contributed by atoms with E-state index in [1.807, 2.05) is 36.4 Å². The number of ether oxygens (including phenoxy) is 3. The third-order valence-corrected chi connectivity index (χ3v) is 8.77. The molecule has 6 heteroatoms. The van der Waals surface area contributed by atoms with Crippen molar-refractivity contribution in [3.63, 3.8) is 0 Å². The first-order valence-corrected chi connectivity index (χ1v) is 15.1. The number of benzene rings is 3. The Balaban J connectivity index is 1.35. The first-order chi connectivity index (χ1) is 19.5.